The van der Waals surface area contributed by atoms with Crippen molar-refractivity contribution in [3.8, 4) is 0 Å². The van der Waals surface area contributed by atoms with Crippen LogP contribution in [0.3, 0.4) is 0 Å². The fraction of sp³-hybridized carbons (Fsp3) is 0.644. The molecule has 0 aliphatic rings. The number of unbranched alkanes of at least 4 members (excludes halogenated alkanes) is 14. The van der Waals surface area contributed by atoms with Crippen molar-refractivity contribution < 1.29 is 38.2 Å². The topological polar surface area (TPSA) is 99.1 Å². The van der Waals surface area contributed by atoms with Gasteiger partial charge in [-0.05, 0) is 96.3 Å². The number of carboxylic acids is 1. The van der Waals surface area contributed by atoms with E-state index in [9.17, 15) is 19.5 Å². The maximum Gasteiger partial charge on any atom is 0.362 e. The van der Waals surface area contributed by atoms with Crippen molar-refractivity contribution in [3.63, 3.8) is 0 Å². The third kappa shape index (κ3) is 46.9. The lowest BCUT2D eigenvalue weighted by molar-refractivity contribution is -0.887. The Morgan fingerprint density at radius 2 is 0.791 bits per heavy atom. The van der Waals surface area contributed by atoms with E-state index in [0.29, 0.717) is 19.3 Å². The number of carboxylic acid groups (broad SMARTS) is 1. The normalized spacial score (nSPS) is 13.7. The van der Waals surface area contributed by atoms with Gasteiger partial charge in [-0.1, -0.05) is 187 Å². The Balaban J connectivity index is 4.32. The molecule has 0 rings (SSSR count). The predicted octanol–water partition coefficient (Wildman–Crippen LogP) is 15.6. The molecule has 0 saturated carbocycles. The summed E-state index contributed by atoms with van der Waals surface area (Å²) in [7, 11) is 5.52. The Morgan fingerprint density at radius 3 is 1.16 bits per heavy atom. The summed E-state index contributed by atoms with van der Waals surface area (Å²) in [6.45, 7) is 4.48. The zero-order valence-electron chi connectivity index (χ0n) is 43.3. The number of hydrogen-bond acceptors (Lipinski definition) is 6. The number of carbonyl (C=O) groups is 3. The molecule has 0 bridgehead atoms. The van der Waals surface area contributed by atoms with Crippen LogP contribution in [0.1, 0.15) is 194 Å². The molecule has 0 aliphatic heterocycles. The summed E-state index contributed by atoms with van der Waals surface area (Å²) in [5, 5.41) is 9.67. The van der Waals surface area contributed by atoms with Gasteiger partial charge in [-0.3, -0.25) is 9.59 Å². The number of ether oxygens (including phenoxy) is 3. The predicted molar refractivity (Wildman–Crippen MR) is 284 cm³/mol. The minimum absolute atomic E-state index is 0.0426. The Bertz CT molecular complexity index is 1460. The number of allylic oxidation sites excluding steroid dienone is 18. The minimum Gasteiger partial charge on any atom is -0.477 e. The highest BCUT2D eigenvalue weighted by Gasteiger charge is 2.31. The van der Waals surface area contributed by atoms with Gasteiger partial charge in [0.2, 0.25) is 0 Å². The number of carbonyl (C=O) groups excluding carboxylic acids is 2. The lowest BCUT2D eigenvalue weighted by atomic mass is 10.1. The number of aliphatic carboxylic acids is 1. The van der Waals surface area contributed by atoms with Gasteiger partial charge in [-0.15, -0.1) is 0 Å². The molecule has 0 saturated heterocycles. The van der Waals surface area contributed by atoms with Crippen molar-refractivity contribution in [2.75, 3.05) is 41.0 Å². The standard InChI is InChI=1S/C59H97NO7/c1-6-8-10-12-14-16-18-20-22-24-26-28-29-30-32-34-36-38-40-42-44-46-48-50-58(62)67-55(53-65-52-51-56(59(63)64)60(3,4)5)54-66-57(61)49-47-45-43-41-39-37-35-33-31-27-25-23-21-19-17-15-13-11-9-7-2/h8-11,14-17,20-23,26,28,30,32,36,38,55-56H,6-7,12-13,18-19,24-25,27,29,31,33-35,37,39-54H2,1-5H3/p+1/b10-8+,11-9+,16-14+,17-15+,22-20+,23-21+,28-26+,32-30+,38-36+. The van der Waals surface area contributed by atoms with E-state index < -0.39 is 18.1 Å². The molecule has 0 spiro atoms. The molecule has 0 aliphatic carbocycles. The molecule has 2 atom stereocenters. The first kappa shape index (κ1) is 63.0. The van der Waals surface area contributed by atoms with Gasteiger partial charge in [-0.2, -0.15) is 0 Å². The number of esters is 2. The van der Waals surface area contributed by atoms with Gasteiger partial charge >= 0.3 is 17.9 Å². The smallest absolute Gasteiger partial charge is 0.362 e. The van der Waals surface area contributed by atoms with E-state index in [-0.39, 0.29) is 36.2 Å². The summed E-state index contributed by atoms with van der Waals surface area (Å²) in [5.74, 6) is -1.51. The number of quaternary nitrogens is 1. The van der Waals surface area contributed by atoms with Crippen LogP contribution in [-0.2, 0) is 28.6 Å². The average molecular weight is 933 g/mol. The van der Waals surface area contributed by atoms with Gasteiger partial charge in [0.25, 0.3) is 0 Å². The summed E-state index contributed by atoms with van der Waals surface area (Å²) in [4.78, 5) is 37.2. The number of hydrogen-bond donors (Lipinski definition) is 1. The lowest BCUT2D eigenvalue weighted by Crippen LogP contribution is -2.50. The Morgan fingerprint density at radius 1 is 0.448 bits per heavy atom. The molecular formula is C59H98NO7+. The molecule has 2 unspecified atom stereocenters. The van der Waals surface area contributed by atoms with Crippen LogP contribution >= 0.6 is 0 Å². The van der Waals surface area contributed by atoms with Crippen LogP contribution in [-0.4, -0.2) is 80.6 Å². The minimum atomic E-state index is -0.884. The molecule has 0 aromatic heterocycles. The molecule has 380 valence electrons. The molecule has 0 amide bonds. The van der Waals surface area contributed by atoms with Gasteiger partial charge in [0.1, 0.15) is 6.61 Å². The molecule has 0 radical (unpaired) electrons. The summed E-state index contributed by atoms with van der Waals surface area (Å²) in [5.41, 5.74) is 0. The zero-order valence-corrected chi connectivity index (χ0v) is 43.3. The Kier molecular flexibility index (Phi) is 45.5. The van der Waals surface area contributed by atoms with Gasteiger partial charge in [0.05, 0.1) is 34.4 Å². The van der Waals surface area contributed by atoms with Crippen molar-refractivity contribution in [1.82, 2.24) is 0 Å². The van der Waals surface area contributed by atoms with Crippen LogP contribution < -0.4 is 0 Å². The van der Waals surface area contributed by atoms with Crippen LogP contribution in [0.15, 0.2) is 109 Å². The van der Waals surface area contributed by atoms with Crippen LogP contribution in [0.4, 0.5) is 0 Å². The molecular weight excluding hydrogens is 835 g/mol. The third-order valence-corrected chi connectivity index (χ3v) is 11.2. The Labute approximate surface area is 410 Å². The Hall–Kier alpha value is -4.01. The number of rotatable bonds is 46. The summed E-state index contributed by atoms with van der Waals surface area (Å²) in [6.07, 6.45) is 67.1. The second-order valence-corrected chi connectivity index (χ2v) is 18.4. The van der Waals surface area contributed by atoms with Crippen LogP contribution in [0.2, 0.25) is 0 Å². The SMILES string of the molecule is CC/C=C/C/C=C/C/C=C/C/C=C/C/C=C/C/C=C/CCCCCCC(=O)OC(COCCC(C(=O)O)[N+](C)(C)C)COC(=O)CCCCCCCCCCCC/C=C/C/C=C/C/C=C/CC. The van der Waals surface area contributed by atoms with E-state index in [1.54, 1.807) is 0 Å². The van der Waals surface area contributed by atoms with Crippen LogP contribution in [0.5, 0.6) is 0 Å². The highest BCUT2D eigenvalue weighted by Crippen LogP contribution is 2.14. The molecule has 67 heavy (non-hydrogen) atoms. The van der Waals surface area contributed by atoms with E-state index in [1.165, 1.54) is 51.4 Å². The molecule has 1 N–H and O–H groups in total. The van der Waals surface area contributed by atoms with Gasteiger partial charge in [0, 0.05) is 19.3 Å². The monoisotopic (exact) mass is 933 g/mol. The van der Waals surface area contributed by atoms with Crippen molar-refractivity contribution in [2.24, 2.45) is 0 Å². The highest BCUT2D eigenvalue weighted by molar-refractivity contribution is 5.72. The fourth-order valence-corrected chi connectivity index (χ4v) is 7.17. The first-order valence-electron chi connectivity index (χ1n) is 26.4. The van der Waals surface area contributed by atoms with Crippen molar-refractivity contribution in [1.29, 1.82) is 0 Å². The molecule has 0 fully saturated rings. The third-order valence-electron chi connectivity index (χ3n) is 11.2. The molecule has 0 aromatic rings. The molecule has 0 heterocycles. The zero-order chi connectivity index (χ0) is 49.2. The van der Waals surface area contributed by atoms with E-state index >= 15 is 0 Å². The van der Waals surface area contributed by atoms with Crippen molar-refractivity contribution in [2.45, 2.75) is 206 Å². The van der Waals surface area contributed by atoms with E-state index in [1.807, 2.05) is 21.1 Å². The second-order valence-electron chi connectivity index (χ2n) is 18.4. The summed E-state index contributed by atoms with van der Waals surface area (Å²) < 4.78 is 17.3. The maximum absolute atomic E-state index is 12.8. The lowest BCUT2D eigenvalue weighted by Gasteiger charge is -2.31. The molecule has 0 aromatic carbocycles. The molecule has 8 heteroatoms. The van der Waals surface area contributed by atoms with Crippen LogP contribution in [0.25, 0.3) is 0 Å². The number of nitrogens with zero attached hydrogens (tertiary/aromatic N) is 1. The van der Waals surface area contributed by atoms with E-state index in [0.717, 1.165) is 109 Å². The van der Waals surface area contributed by atoms with Gasteiger partial charge in [0.15, 0.2) is 12.1 Å². The first-order valence-corrected chi connectivity index (χ1v) is 26.4. The van der Waals surface area contributed by atoms with Gasteiger partial charge < -0.3 is 23.8 Å². The fourth-order valence-electron chi connectivity index (χ4n) is 7.17. The number of likely N-dealkylation sites (N-methyl/N-ethyl adjacent to an activating group) is 1. The van der Waals surface area contributed by atoms with Crippen LogP contribution in [0, 0.1) is 0 Å². The first-order chi connectivity index (χ1) is 32.6. The van der Waals surface area contributed by atoms with E-state index in [4.69, 9.17) is 14.2 Å². The van der Waals surface area contributed by atoms with Crippen molar-refractivity contribution in [3.05, 3.63) is 109 Å². The maximum atomic E-state index is 12.8. The highest BCUT2D eigenvalue weighted by atomic mass is 16.6. The average Bonchev–Trinajstić information content (AvgIpc) is 3.29. The quantitative estimate of drug-likeness (QED) is 0.0281. The summed E-state index contributed by atoms with van der Waals surface area (Å²) in [6, 6.07) is -0.628. The second kappa shape index (κ2) is 48.4. The summed E-state index contributed by atoms with van der Waals surface area (Å²) >= 11 is 0. The molecule has 8 nitrogen and oxygen atoms in total. The van der Waals surface area contributed by atoms with Crippen molar-refractivity contribution >= 4 is 17.9 Å². The van der Waals surface area contributed by atoms with E-state index in [2.05, 4.69) is 123 Å². The van der Waals surface area contributed by atoms with Gasteiger partial charge in [-0.25, -0.2) is 4.79 Å². The largest absolute Gasteiger partial charge is 0.477 e.